The molecular weight excluding hydrogens is 352 g/mol. The normalized spacial score (nSPS) is 19.4. The van der Waals surface area contributed by atoms with Crippen molar-refractivity contribution in [3.05, 3.63) is 59.2 Å². The second-order valence-electron chi connectivity index (χ2n) is 7.60. The van der Waals surface area contributed by atoms with Crippen molar-refractivity contribution in [2.45, 2.75) is 38.4 Å². The molecule has 28 heavy (non-hydrogen) atoms. The van der Waals surface area contributed by atoms with Crippen LogP contribution in [0, 0.1) is 0 Å². The van der Waals surface area contributed by atoms with E-state index in [-0.39, 0.29) is 11.9 Å². The Morgan fingerprint density at radius 2 is 1.75 bits per heavy atom. The lowest BCUT2D eigenvalue weighted by Crippen LogP contribution is -2.47. The summed E-state index contributed by atoms with van der Waals surface area (Å²) in [5.74, 6) is 1.74. The van der Waals surface area contributed by atoms with E-state index in [0.29, 0.717) is 6.54 Å². The molecule has 1 atom stereocenters. The van der Waals surface area contributed by atoms with Crippen LogP contribution in [-0.2, 0) is 24.3 Å². The Morgan fingerprint density at radius 1 is 1.04 bits per heavy atom. The van der Waals surface area contributed by atoms with E-state index in [1.54, 1.807) is 14.2 Å². The number of fused-ring (bicyclic) bond motifs is 1. The number of likely N-dealkylation sites (tertiary alicyclic amines) is 1. The van der Waals surface area contributed by atoms with Crippen molar-refractivity contribution in [3.63, 3.8) is 0 Å². The lowest BCUT2D eigenvalue weighted by molar-refractivity contribution is -0.137. The van der Waals surface area contributed by atoms with Gasteiger partial charge in [0.2, 0.25) is 5.91 Å². The molecule has 0 spiro atoms. The first-order valence-electron chi connectivity index (χ1n) is 10.00. The van der Waals surface area contributed by atoms with Gasteiger partial charge in [0.15, 0.2) is 11.5 Å². The van der Waals surface area contributed by atoms with Crippen LogP contribution in [0.1, 0.15) is 29.5 Å². The molecule has 0 radical (unpaired) electrons. The van der Waals surface area contributed by atoms with E-state index < -0.39 is 0 Å². The van der Waals surface area contributed by atoms with Gasteiger partial charge in [0.1, 0.15) is 0 Å². The van der Waals surface area contributed by atoms with Crippen LogP contribution in [-0.4, -0.2) is 49.1 Å². The van der Waals surface area contributed by atoms with Crippen molar-refractivity contribution in [1.29, 1.82) is 0 Å². The molecule has 5 heteroatoms. The lowest BCUT2D eigenvalue weighted by atomic mass is 9.98. The van der Waals surface area contributed by atoms with E-state index in [2.05, 4.69) is 29.2 Å². The number of benzene rings is 2. The highest BCUT2D eigenvalue weighted by atomic mass is 16.5. The van der Waals surface area contributed by atoms with Gasteiger partial charge in [-0.25, -0.2) is 0 Å². The molecule has 148 valence electrons. The van der Waals surface area contributed by atoms with Crippen LogP contribution in [0.25, 0.3) is 0 Å². The van der Waals surface area contributed by atoms with Crippen molar-refractivity contribution in [2.75, 3.05) is 27.3 Å². The van der Waals surface area contributed by atoms with Crippen LogP contribution in [0.5, 0.6) is 11.5 Å². The molecule has 0 bridgehead atoms. The minimum Gasteiger partial charge on any atom is -0.493 e. The van der Waals surface area contributed by atoms with Gasteiger partial charge in [-0.2, -0.15) is 0 Å². The highest BCUT2D eigenvalue weighted by molar-refractivity contribution is 5.82. The van der Waals surface area contributed by atoms with Gasteiger partial charge in [-0.05, 0) is 54.6 Å². The molecule has 1 amide bonds. The minimum atomic E-state index is -0.0121. The fourth-order valence-electron chi connectivity index (χ4n) is 4.40. The maximum absolute atomic E-state index is 13.3. The SMILES string of the molecule is COc1cc2c(cc1OC)CN(C(=O)C1CCCN1Cc1ccccc1)CC2. The Hall–Kier alpha value is -2.53. The number of ether oxygens (including phenoxy) is 2. The molecule has 1 saturated heterocycles. The highest BCUT2D eigenvalue weighted by Gasteiger charge is 2.35. The van der Waals surface area contributed by atoms with E-state index in [1.165, 1.54) is 11.1 Å². The third-order valence-electron chi connectivity index (χ3n) is 5.91. The van der Waals surface area contributed by atoms with Crippen molar-refractivity contribution in [1.82, 2.24) is 9.80 Å². The predicted molar refractivity (Wildman–Crippen MR) is 109 cm³/mol. The van der Waals surface area contributed by atoms with Crippen LogP contribution >= 0.6 is 0 Å². The third-order valence-corrected chi connectivity index (χ3v) is 5.91. The fraction of sp³-hybridized carbons (Fsp3) is 0.435. The number of methoxy groups -OCH3 is 2. The first kappa shape index (κ1) is 18.8. The number of carbonyl (C=O) groups excluding carboxylic acids is 1. The van der Waals surface area contributed by atoms with E-state index in [0.717, 1.165) is 56.0 Å². The first-order chi connectivity index (χ1) is 13.7. The monoisotopic (exact) mass is 380 g/mol. The smallest absolute Gasteiger partial charge is 0.240 e. The lowest BCUT2D eigenvalue weighted by Gasteiger charge is -2.34. The molecular formula is C23H28N2O3. The van der Waals surface area contributed by atoms with Gasteiger partial charge < -0.3 is 14.4 Å². The van der Waals surface area contributed by atoms with E-state index >= 15 is 0 Å². The van der Waals surface area contributed by atoms with Crippen molar-refractivity contribution < 1.29 is 14.3 Å². The van der Waals surface area contributed by atoms with Crippen LogP contribution in [0.15, 0.2) is 42.5 Å². The van der Waals surface area contributed by atoms with Gasteiger partial charge in [0, 0.05) is 19.6 Å². The van der Waals surface area contributed by atoms with Crippen molar-refractivity contribution >= 4 is 5.91 Å². The minimum absolute atomic E-state index is 0.0121. The summed E-state index contributed by atoms with van der Waals surface area (Å²) in [6.45, 7) is 3.23. The number of carbonyl (C=O) groups is 1. The molecule has 0 aromatic heterocycles. The summed E-state index contributed by atoms with van der Waals surface area (Å²) < 4.78 is 10.9. The average Bonchev–Trinajstić information content (AvgIpc) is 3.20. The molecule has 0 N–H and O–H groups in total. The second-order valence-corrected chi connectivity index (χ2v) is 7.60. The van der Waals surface area contributed by atoms with E-state index in [9.17, 15) is 4.79 Å². The van der Waals surface area contributed by atoms with Gasteiger partial charge in [-0.15, -0.1) is 0 Å². The summed E-state index contributed by atoms with van der Waals surface area (Å²) in [6.07, 6.45) is 2.88. The first-order valence-corrected chi connectivity index (χ1v) is 10.00. The average molecular weight is 380 g/mol. The topological polar surface area (TPSA) is 42.0 Å². The summed E-state index contributed by atoms with van der Waals surface area (Å²) in [7, 11) is 3.31. The van der Waals surface area contributed by atoms with Crippen LogP contribution in [0.2, 0.25) is 0 Å². The zero-order valence-electron chi connectivity index (χ0n) is 16.7. The molecule has 1 unspecified atom stereocenters. The molecule has 0 aliphatic carbocycles. The highest BCUT2D eigenvalue weighted by Crippen LogP contribution is 2.34. The molecule has 5 nitrogen and oxygen atoms in total. The number of rotatable bonds is 5. The largest absolute Gasteiger partial charge is 0.493 e. The summed E-state index contributed by atoms with van der Waals surface area (Å²) in [6, 6.07) is 14.5. The Kier molecular flexibility index (Phi) is 5.53. The Labute approximate surface area is 166 Å². The molecule has 4 rings (SSSR count). The van der Waals surface area contributed by atoms with Crippen molar-refractivity contribution in [2.24, 2.45) is 0 Å². The molecule has 2 aromatic carbocycles. The summed E-state index contributed by atoms with van der Waals surface area (Å²) >= 11 is 0. The molecule has 2 heterocycles. The summed E-state index contributed by atoms with van der Waals surface area (Å²) in [5.41, 5.74) is 3.67. The number of nitrogens with zero attached hydrogens (tertiary/aromatic N) is 2. The van der Waals surface area contributed by atoms with Gasteiger partial charge in [-0.3, -0.25) is 9.69 Å². The molecule has 2 aromatic rings. The van der Waals surface area contributed by atoms with Crippen LogP contribution < -0.4 is 9.47 Å². The van der Waals surface area contributed by atoms with Gasteiger partial charge in [-0.1, -0.05) is 30.3 Å². The molecule has 2 aliphatic rings. The maximum Gasteiger partial charge on any atom is 0.240 e. The molecule has 0 saturated carbocycles. The zero-order valence-corrected chi connectivity index (χ0v) is 16.7. The van der Waals surface area contributed by atoms with Gasteiger partial charge in [0.25, 0.3) is 0 Å². The van der Waals surface area contributed by atoms with Gasteiger partial charge in [0.05, 0.1) is 20.3 Å². The quantitative estimate of drug-likeness (QED) is 0.799. The van der Waals surface area contributed by atoms with Crippen molar-refractivity contribution in [3.8, 4) is 11.5 Å². The fourth-order valence-corrected chi connectivity index (χ4v) is 4.40. The Bertz CT molecular complexity index is 837. The standard InChI is InChI=1S/C23H28N2O3/c1-27-21-13-18-10-12-25(16-19(18)14-22(21)28-2)23(26)20-9-6-11-24(20)15-17-7-4-3-5-8-17/h3-5,7-8,13-14,20H,6,9-12,15-16H2,1-2H3. The second kappa shape index (κ2) is 8.23. The van der Waals surface area contributed by atoms with Gasteiger partial charge >= 0.3 is 0 Å². The Morgan fingerprint density at radius 3 is 2.46 bits per heavy atom. The maximum atomic E-state index is 13.3. The van der Waals surface area contributed by atoms with E-state index in [4.69, 9.17) is 9.47 Å². The summed E-state index contributed by atoms with van der Waals surface area (Å²) in [4.78, 5) is 17.7. The summed E-state index contributed by atoms with van der Waals surface area (Å²) in [5, 5.41) is 0. The molecule has 1 fully saturated rings. The molecule has 2 aliphatic heterocycles. The Balaban J connectivity index is 1.48. The third kappa shape index (κ3) is 3.72. The van der Waals surface area contributed by atoms with E-state index in [1.807, 2.05) is 23.1 Å². The number of hydrogen-bond donors (Lipinski definition) is 0. The predicted octanol–water partition coefficient (Wildman–Crippen LogP) is 3.25. The number of amides is 1. The number of hydrogen-bond acceptors (Lipinski definition) is 4. The van der Waals surface area contributed by atoms with Crippen LogP contribution in [0.3, 0.4) is 0 Å². The zero-order chi connectivity index (χ0) is 19.5. The van der Waals surface area contributed by atoms with Crippen LogP contribution in [0.4, 0.5) is 0 Å².